The molecule has 2 amide bonds. The number of aliphatic hydroxyl groups is 1. The van der Waals surface area contributed by atoms with Crippen LogP contribution in [0, 0.1) is 0 Å². The van der Waals surface area contributed by atoms with Crippen molar-refractivity contribution in [2.24, 2.45) is 20.5 Å². The van der Waals surface area contributed by atoms with Gasteiger partial charge in [0.25, 0.3) is 5.91 Å². The van der Waals surface area contributed by atoms with Crippen LogP contribution in [-0.4, -0.2) is 124 Å². The summed E-state index contributed by atoms with van der Waals surface area (Å²) in [5, 5.41) is 31.5. The van der Waals surface area contributed by atoms with Crippen LogP contribution in [0.1, 0.15) is 27.0 Å². The fraction of sp³-hybridized carbons (Fsp3) is 0.475. The molecule has 66 heavy (non-hydrogen) atoms. The Morgan fingerprint density at radius 1 is 0.667 bits per heavy atom. The van der Waals surface area contributed by atoms with E-state index >= 15 is 0 Å². The van der Waals surface area contributed by atoms with Crippen LogP contribution >= 0.6 is 0 Å². The van der Waals surface area contributed by atoms with Crippen LogP contribution < -0.4 is 10.6 Å². The minimum absolute atomic E-state index is 0.0305. The van der Waals surface area contributed by atoms with Crippen molar-refractivity contribution in [1.29, 1.82) is 0 Å². The molecular weight excluding hydrogens is 869 g/mol. The third kappa shape index (κ3) is 14.7. The Balaban J connectivity index is 1.32. The van der Waals surface area contributed by atoms with Crippen molar-refractivity contribution in [1.82, 2.24) is 10.6 Å². The molecule has 3 aromatic rings. The SMILES string of the molecule is COC(=O)CNC(=O)c1ccc(COC(=O)NCCO[C@H]2O[C@H](CN=[N+]=[N-])[C@@H](O[C@@H]3O[C@H](CN=[N+]=[N-])[C@@H](O)[C@H](OCc4ccccc4)[C@H]3N=[N+]=[N-])[C@H](OCc3ccccc3)[C@H]2N=[N+]=[N-])cc1. The van der Waals surface area contributed by atoms with E-state index in [1.165, 1.54) is 19.2 Å². The predicted molar refractivity (Wildman–Crippen MR) is 227 cm³/mol. The highest BCUT2D eigenvalue weighted by molar-refractivity contribution is 5.95. The zero-order valence-electron chi connectivity index (χ0n) is 35.3. The average molecular weight is 915 g/mol. The van der Waals surface area contributed by atoms with Crippen LogP contribution in [0.2, 0.25) is 0 Å². The number of esters is 1. The van der Waals surface area contributed by atoms with Gasteiger partial charge in [-0.1, -0.05) is 93.3 Å². The highest BCUT2D eigenvalue weighted by Gasteiger charge is 2.52. The quantitative estimate of drug-likeness (QED) is 0.0364. The summed E-state index contributed by atoms with van der Waals surface area (Å²) in [6.07, 6.45) is -11.6. The van der Waals surface area contributed by atoms with Gasteiger partial charge in [-0.25, -0.2) is 4.79 Å². The van der Waals surface area contributed by atoms with E-state index in [0.717, 1.165) is 5.56 Å². The van der Waals surface area contributed by atoms with Crippen molar-refractivity contribution in [3.05, 3.63) is 149 Å². The number of carbonyl (C=O) groups excluding carboxylic acids is 3. The number of methoxy groups -OCH3 is 1. The van der Waals surface area contributed by atoms with Gasteiger partial charge in [0.2, 0.25) is 0 Å². The molecule has 0 spiro atoms. The maximum absolute atomic E-state index is 12.6. The highest BCUT2D eigenvalue weighted by atomic mass is 16.7. The number of azide groups is 4. The third-order valence-electron chi connectivity index (χ3n) is 10.00. The predicted octanol–water partition coefficient (Wildman–Crippen LogP) is 5.18. The van der Waals surface area contributed by atoms with Crippen molar-refractivity contribution >= 4 is 18.0 Å². The fourth-order valence-electron chi connectivity index (χ4n) is 6.79. The molecule has 3 N–H and O–H groups in total. The molecule has 2 fully saturated rings. The van der Waals surface area contributed by atoms with Gasteiger partial charge in [-0.2, -0.15) is 0 Å². The van der Waals surface area contributed by atoms with E-state index < -0.39 is 85.8 Å². The molecule has 2 aliphatic rings. The van der Waals surface area contributed by atoms with E-state index in [-0.39, 0.29) is 51.6 Å². The van der Waals surface area contributed by atoms with E-state index in [4.69, 9.17) is 38.7 Å². The number of nitrogens with one attached hydrogen (secondary N) is 2. The number of carbonyl (C=O) groups is 3. The molecule has 3 aromatic carbocycles. The summed E-state index contributed by atoms with van der Waals surface area (Å²) in [6, 6.07) is 21.3. The summed E-state index contributed by atoms with van der Waals surface area (Å²) in [7, 11) is 1.20. The minimum Gasteiger partial charge on any atom is -0.468 e. The number of ether oxygens (including phenoxy) is 8. The molecule has 26 heteroatoms. The summed E-state index contributed by atoms with van der Waals surface area (Å²) >= 11 is 0. The zero-order valence-corrected chi connectivity index (χ0v) is 35.3. The number of aliphatic hydroxyl groups excluding tert-OH is 1. The van der Waals surface area contributed by atoms with Crippen molar-refractivity contribution in [3.8, 4) is 0 Å². The monoisotopic (exact) mass is 914 g/mol. The van der Waals surface area contributed by atoms with Crippen LogP contribution in [0.4, 0.5) is 4.79 Å². The molecular formula is C40H46N14O12. The maximum Gasteiger partial charge on any atom is 0.407 e. The van der Waals surface area contributed by atoms with Crippen molar-refractivity contribution < 1.29 is 57.4 Å². The number of rotatable bonds is 23. The molecule has 0 aliphatic carbocycles. The minimum atomic E-state index is -1.55. The molecule has 0 aromatic heterocycles. The molecule has 2 aliphatic heterocycles. The third-order valence-corrected chi connectivity index (χ3v) is 10.00. The molecule has 5 rings (SSSR count). The van der Waals surface area contributed by atoms with E-state index in [2.05, 4.69) is 55.5 Å². The van der Waals surface area contributed by atoms with Crippen LogP contribution in [-0.2, 0) is 62.5 Å². The Morgan fingerprint density at radius 2 is 1.23 bits per heavy atom. The van der Waals surface area contributed by atoms with E-state index in [1.54, 1.807) is 66.7 Å². The van der Waals surface area contributed by atoms with Gasteiger partial charge in [-0.15, -0.1) is 0 Å². The van der Waals surface area contributed by atoms with Gasteiger partial charge in [-0.05, 0) is 50.9 Å². The highest BCUT2D eigenvalue weighted by Crippen LogP contribution is 2.35. The second-order valence-corrected chi connectivity index (χ2v) is 14.2. The van der Waals surface area contributed by atoms with Crippen molar-refractivity contribution in [2.45, 2.75) is 81.1 Å². The maximum atomic E-state index is 12.6. The van der Waals surface area contributed by atoms with Gasteiger partial charge >= 0.3 is 12.1 Å². The molecule has 0 unspecified atom stereocenters. The van der Waals surface area contributed by atoms with Gasteiger partial charge in [-0.3, -0.25) is 9.59 Å². The Bertz CT molecular complexity index is 2240. The lowest BCUT2D eigenvalue weighted by molar-refractivity contribution is -0.328. The van der Waals surface area contributed by atoms with Gasteiger partial charge in [0, 0.05) is 31.8 Å². The standard InChI is InChI=1S/C40H46N14O12/c1-59-30(55)20-46-37(57)27-14-12-26(13-15-27)23-63-40(58)45-16-17-60-38-32(50-54-44)36(62-22-25-10-6-3-7-11-25)34(29(65-38)19-48-52-42)66-39-31(49-53-43)35(33(56)28(64-39)18-47-51-41)61-21-24-8-4-2-5-9-24/h2-15,28-29,31-36,38-39,56H,16-23H2,1H3,(H,45,58)(H,46,57)/t28-,29-,31-,32-,33-,34-,35-,36-,38+,39+/m1/s1. The summed E-state index contributed by atoms with van der Waals surface area (Å²) in [5.41, 5.74) is 40.3. The van der Waals surface area contributed by atoms with Crippen molar-refractivity contribution in [3.63, 3.8) is 0 Å². The van der Waals surface area contributed by atoms with E-state index in [1.807, 2.05) is 6.07 Å². The molecule has 0 saturated carbocycles. The topological polar surface area (TPSA) is 364 Å². The first-order valence-electron chi connectivity index (χ1n) is 20.2. The normalized spacial score (nSPS) is 24.4. The molecule has 348 valence electrons. The van der Waals surface area contributed by atoms with Crippen molar-refractivity contribution in [2.75, 3.05) is 39.9 Å². The molecule has 2 saturated heterocycles. The number of alkyl carbamates (subject to hydrolysis) is 1. The van der Waals surface area contributed by atoms with E-state index in [0.29, 0.717) is 11.1 Å². The molecule has 2 heterocycles. The number of hydrogen-bond acceptors (Lipinski definition) is 16. The number of amides is 2. The van der Waals surface area contributed by atoms with Gasteiger partial charge in [0.15, 0.2) is 12.6 Å². The lowest BCUT2D eigenvalue weighted by atomic mass is 9.94. The Hall–Kier alpha value is -7.17. The summed E-state index contributed by atoms with van der Waals surface area (Å²) in [6.45, 7) is -1.66. The molecule has 0 bridgehead atoms. The lowest BCUT2D eigenvalue weighted by Crippen LogP contribution is -2.64. The van der Waals surface area contributed by atoms with Crippen LogP contribution in [0.5, 0.6) is 0 Å². The Morgan fingerprint density at radius 3 is 1.82 bits per heavy atom. The molecule has 0 radical (unpaired) electrons. The number of nitrogens with zero attached hydrogens (tertiary/aromatic N) is 12. The van der Waals surface area contributed by atoms with Gasteiger partial charge < -0.3 is 53.6 Å². The summed E-state index contributed by atoms with van der Waals surface area (Å²) < 4.78 is 47.2. The summed E-state index contributed by atoms with van der Waals surface area (Å²) in [5.74, 6) is -1.10. The first-order chi connectivity index (χ1) is 32.2. The number of hydrogen-bond donors (Lipinski definition) is 3. The van der Waals surface area contributed by atoms with Gasteiger partial charge in [0.1, 0.15) is 43.5 Å². The molecule has 10 atom stereocenters. The fourth-order valence-corrected chi connectivity index (χ4v) is 6.79. The first-order valence-corrected chi connectivity index (χ1v) is 20.2. The zero-order chi connectivity index (χ0) is 47.1. The largest absolute Gasteiger partial charge is 0.468 e. The Kier molecular flexibility index (Phi) is 20.1. The average Bonchev–Trinajstić information content (AvgIpc) is 3.34. The van der Waals surface area contributed by atoms with Crippen LogP contribution in [0.15, 0.2) is 105 Å². The smallest absolute Gasteiger partial charge is 0.407 e. The molecule has 26 nitrogen and oxygen atoms in total. The van der Waals surface area contributed by atoms with Crippen LogP contribution in [0.25, 0.3) is 41.8 Å². The second kappa shape index (κ2) is 26.6. The lowest BCUT2D eigenvalue weighted by Gasteiger charge is -2.48. The summed E-state index contributed by atoms with van der Waals surface area (Å²) in [4.78, 5) is 47.8. The Labute approximate surface area is 375 Å². The van der Waals surface area contributed by atoms with Gasteiger partial charge in [0.05, 0.1) is 58.3 Å². The second-order valence-electron chi connectivity index (χ2n) is 14.2. The van der Waals surface area contributed by atoms with Crippen LogP contribution in [0.3, 0.4) is 0 Å². The van der Waals surface area contributed by atoms with E-state index in [9.17, 15) is 36.1 Å². The first kappa shape index (κ1) is 49.8. The number of benzene rings is 3.